The SMILES string of the molecule is CCOC(=O)C1=C(c2ccccc2F)CCC1. The maximum Gasteiger partial charge on any atom is 0.334 e. The van der Waals surface area contributed by atoms with Crippen molar-refractivity contribution in [3.8, 4) is 0 Å². The topological polar surface area (TPSA) is 26.3 Å². The fourth-order valence-corrected chi connectivity index (χ4v) is 2.19. The molecular formula is C14H15FO2. The van der Waals surface area contributed by atoms with Crippen LogP contribution < -0.4 is 0 Å². The minimum Gasteiger partial charge on any atom is -0.463 e. The minimum atomic E-state index is -0.303. The lowest BCUT2D eigenvalue weighted by molar-refractivity contribution is -0.138. The Morgan fingerprint density at radius 1 is 1.35 bits per heavy atom. The Labute approximate surface area is 100 Å². The summed E-state index contributed by atoms with van der Waals surface area (Å²) < 4.78 is 18.7. The van der Waals surface area contributed by atoms with Crippen molar-refractivity contribution in [3.63, 3.8) is 0 Å². The van der Waals surface area contributed by atoms with E-state index in [-0.39, 0.29) is 11.8 Å². The molecule has 0 unspecified atom stereocenters. The summed E-state index contributed by atoms with van der Waals surface area (Å²) in [5, 5.41) is 0. The number of hydrogen-bond acceptors (Lipinski definition) is 2. The van der Waals surface area contributed by atoms with Crippen LogP contribution in [0.1, 0.15) is 31.7 Å². The first kappa shape index (κ1) is 11.8. The first-order chi connectivity index (χ1) is 8.24. The molecule has 0 atom stereocenters. The summed E-state index contributed by atoms with van der Waals surface area (Å²) in [5.74, 6) is -0.575. The van der Waals surface area contributed by atoms with Gasteiger partial charge in [0.15, 0.2) is 0 Å². The van der Waals surface area contributed by atoms with Crippen LogP contribution >= 0.6 is 0 Å². The van der Waals surface area contributed by atoms with Crippen LogP contribution in [-0.2, 0) is 9.53 Å². The van der Waals surface area contributed by atoms with Crippen molar-refractivity contribution in [1.29, 1.82) is 0 Å². The van der Waals surface area contributed by atoms with E-state index in [1.165, 1.54) is 6.07 Å². The van der Waals surface area contributed by atoms with Crippen molar-refractivity contribution in [3.05, 3.63) is 41.2 Å². The summed E-state index contributed by atoms with van der Waals surface area (Å²) in [4.78, 5) is 11.7. The Morgan fingerprint density at radius 2 is 2.12 bits per heavy atom. The highest BCUT2D eigenvalue weighted by Gasteiger charge is 2.24. The number of hydrogen-bond donors (Lipinski definition) is 0. The molecule has 0 spiro atoms. The molecule has 17 heavy (non-hydrogen) atoms. The molecule has 2 nitrogen and oxygen atoms in total. The fourth-order valence-electron chi connectivity index (χ4n) is 2.19. The number of carbonyl (C=O) groups excluding carboxylic acids is 1. The van der Waals surface area contributed by atoms with Crippen molar-refractivity contribution in [2.45, 2.75) is 26.2 Å². The standard InChI is InChI=1S/C14H15FO2/c1-2-17-14(16)12-8-5-7-10(12)11-6-3-4-9-13(11)15/h3-4,6,9H,2,5,7-8H2,1H3. The Hall–Kier alpha value is -1.64. The quantitative estimate of drug-likeness (QED) is 0.750. The van der Waals surface area contributed by atoms with Gasteiger partial charge in [-0.3, -0.25) is 0 Å². The van der Waals surface area contributed by atoms with Gasteiger partial charge in [0.2, 0.25) is 0 Å². The molecular weight excluding hydrogens is 219 g/mol. The van der Waals surface area contributed by atoms with Gasteiger partial charge >= 0.3 is 5.97 Å². The molecule has 90 valence electrons. The van der Waals surface area contributed by atoms with Gasteiger partial charge in [0.1, 0.15) is 5.82 Å². The van der Waals surface area contributed by atoms with E-state index in [4.69, 9.17) is 4.74 Å². The second-order valence-electron chi connectivity index (χ2n) is 4.01. The summed E-state index contributed by atoms with van der Waals surface area (Å²) in [6.07, 6.45) is 2.31. The number of esters is 1. The fraction of sp³-hybridized carbons (Fsp3) is 0.357. The van der Waals surface area contributed by atoms with Gasteiger partial charge in [-0.05, 0) is 37.8 Å². The van der Waals surface area contributed by atoms with Gasteiger partial charge in [-0.25, -0.2) is 9.18 Å². The number of allylic oxidation sites excluding steroid dienone is 1. The molecule has 1 aliphatic carbocycles. The zero-order valence-electron chi connectivity index (χ0n) is 9.83. The second-order valence-corrected chi connectivity index (χ2v) is 4.01. The Kier molecular flexibility index (Phi) is 3.57. The highest BCUT2D eigenvalue weighted by atomic mass is 19.1. The van der Waals surface area contributed by atoms with Gasteiger partial charge in [-0.1, -0.05) is 18.2 Å². The highest BCUT2D eigenvalue weighted by molar-refractivity contribution is 5.98. The number of rotatable bonds is 3. The van der Waals surface area contributed by atoms with E-state index in [9.17, 15) is 9.18 Å². The van der Waals surface area contributed by atoms with Crippen molar-refractivity contribution in [2.75, 3.05) is 6.61 Å². The van der Waals surface area contributed by atoms with Crippen molar-refractivity contribution >= 4 is 11.5 Å². The van der Waals surface area contributed by atoms with E-state index >= 15 is 0 Å². The van der Waals surface area contributed by atoms with E-state index in [2.05, 4.69) is 0 Å². The van der Waals surface area contributed by atoms with Crippen molar-refractivity contribution in [2.24, 2.45) is 0 Å². The lowest BCUT2D eigenvalue weighted by Gasteiger charge is -2.08. The Balaban J connectivity index is 2.39. The zero-order chi connectivity index (χ0) is 12.3. The third kappa shape index (κ3) is 2.38. The van der Waals surface area contributed by atoms with Gasteiger partial charge in [-0.2, -0.15) is 0 Å². The zero-order valence-corrected chi connectivity index (χ0v) is 9.83. The molecule has 0 aliphatic heterocycles. The van der Waals surface area contributed by atoms with Gasteiger partial charge in [-0.15, -0.1) is 0 Å². The molecule has 0 saturated heterocycles. The molecule has 0 saturated carbocycles. The average Bonchev–Trinajstić information content (AvgIpc) is 2.79. The summed E-state index contributed by atoms with van der Waals surface area (Å²) in [6, 6.07) is 6.57. The number of ether oxygens (including phenoxy) is 1. The molecule has 0 amide bonds. The summed E-state index contributed by atoms with van der Waals surface area (Å²) >= 11 is 0. The van der Waals surface area contributed by atoms with Gasteiger partial charge in [0, 0.05) is 11.1 Å². The molecule has 0 aromatic heterocycles. The van der Waals surface area contributed by atoms with Crippen LogP contribution in [0, 0.1) is 5.82 Å². The molecule has 2 rings (SSSR count). The molecule has 0 bridgehead atoms. The third-order valence-corrected chi connectivity index (χ3v) is 2.94. The van der Waals surface area contributed by atoms with Gasteiger partial charge < -0.3 is 4.74 Å². The van der Waals surface area contributed by atoms with Crippen LogP contribution in [0.15, 0.2) is 29.8 Å². The van der Waals surface area contributed by atoms with E-state index in [0.717, 1.165) is 18.4 Å². The summed E-state index contributed by atoms with van der Waals surface area (Å²) in [7, 11) is 0. The first-order valence-corrected chi connectivity index (χ1v) is 5.88. The van der Waals surface area contributed by atoms with Crippen LogP contribution in [0.5, 0.6) is 0 Å². The molecule has 1 aliphatic rings. The van der Waals surface area contributed by atoms with Gasteiger partial charge in [0.05, 0.1) is 6.61 Å². The van der Waals surface area contributed by atoms with Gasteiger partial charge in [0.25, 0.3) is 0 Å². The predicted molar refractivity (Wildman–Crippen MR) is 63.8 cm³/mol. The summed E-state index contributed by atoms with van der Waals surface area (Å²) in [5.41, 5.74) is 1.98. The average molecular weight is 234 g/mol. The molecule has 1 aromatic rings. The van der Waals surface area contributed by atoms with E-state index < -0.39 is 0 Å². The maximum absolute atomic E-state index is 13.7. The number of benzene rings is 1. The van der Waals surface area contributed by atoms with E-state index in [1.54, 1.807) is 25.1 Å². The lowest BCUT2D eigenvalue weighted by Crippen LogP contribution is -2.07. The molecule has 0 radical (unpaired) electrons. The maximum atomic E-state index is 13.7. The molecule has 0 heterocycles. The smallest absolute Gasteiger partial charge is 0.334 e. The molecule has 1 aromatic carbocycles. The number of halogens is 1. The molecule has 3 heteroatoms. The third-order valence-electron chi connectivity index (χ3n) is 2.94. The van der Waals surface area contributed by atoms with Crippen LogP contribution in [0.25, 0.3) is 5.57 Å². The van der Waals surface area contributed by atoms with Crippen molar-refractivity contribution in [1.82, 2.24) is 0 Å². The van der Waals surface area contributed by atoms with Crippen LogP contribution in [-0.4, -0.2) is 12.6 Å². The van der Waals surface area contributed by atoms with E-state index in [0.29, 0.717) is 24.2 Å². The van der Waals surface area contributed by atoms with Crippen LogP contribution in [0.4, 0.5) is 4.39 Å². The monoisotopic (exact) mass is 234 g/mol. The van der Waals surface area contributed by atoms with E-state index in [1.807, 2.05) is 0 Å². The van der Waals surface area contributed by atoms with Crippen LogP contribution in [0.3, 0.4) is 0 Å². The normalized spacial score (nSPS) is 15.2. The largest absolute Gasteiger partial charge is 0.463 e. The minimum absolute atomic E-state index is 0.272. The first-order valence-electron chi connectivity index (χ1n) is 5.88. The Morgan fingerprint density at radius 3 is 2.82 bits per heavy atom. The van der Waals surface area contributed by atoms with Crippen LogP contribution in [0.2, 0.25) is 0 Å². The number of carbonyl (C=O) groups is 1. The molecule has 0 N–H and O–H groups in total. The van der Waals surface area contributed by atoms with Crippen molar-refractivity contribution < 1.29 is 13.9 Å². The second kappa shape index (κ2) is 5.13. The Bertz CT molecular complexity index is 463. The highest BCUT2D eigenvalue weighted by Crippen LogP contribution is 2.35. The molecule has 0 fully saturated rings. The summed E-state index contributed by atoms with van der Waals surface area (Å²) in [6.45, 7) is 2.13. The predicted octanol–water partition coefficient (Wildman–Crippen LogP) is 3.33. The lowest BCUT2D eigenvalue weighted by atomic mass is 10.0.